The molecule has 1 aliphatic rings. The van der Waals surface area contributed by atoms with Gasteiger partial charge in [-0.15, -0.1) is 11.3 Å². The van der Waals surface area contributed by atoms with E-state index in [0.29, 0.717) is 6.61 Å². The average molecular weight is 283 g/mol. The fourth-order valence-corrected chi connectivity index (χ4v) is 3.25. The number of hydrogen-bond acceptors (Lipinski definition) is 5. The maximum atomic E-state index is 5.25. The molecular weight excluding hydrogens is 258 g/mol. The number of aromatic nitrogens is 1. The molecule has 1 saturated carbocycles. The lowest BCUT2D eigenvalue weighted by Gasteiger charge is -2.15. The molecular formula is C14H25N3OS. The summed E-state index contributed by atoms with van der Waals surface area (Å²) in [4.78, 5) is 8.34. The third-order valence-corrected chi connectivity index (χ3v) is 4.91. The topological polar surface area (TPSA) is 37.4 Å². The lowest BCUT2D eigenvalue weighted by molar-refractivity contribution is 0.181. The van der Waals surface area contributed by atoms with Crippen molar-refractivity contribution in [2.24, 2.45) is 11.8 Å². The van der Waals surface area contributed by atoms with E-state index in [2.05, 4.69) is 31.1 Å². The van der Waals surface area contributed by atoms with Gasteiger partial charge in [0.2, 0.25) is 0 Å². The molecule has 2 atom stereocenters. The third-order valence-electron chi connectivity index (χ3n) is 3.69. The van der Waals surface area contributed by atoms with E-state index in [1.807, 2.05) is 0 Å². The van der Waals surface area contributed by atoms with Gasteiger partial charge >= 0.3 is 0 Å². The van der Waals surface area contributed by atoms with E-state index in [0.717, 1.165) is 42.3 Å². The Morgan fingerprint density at radius 3 is 2.84 bits per heavy atom. The van der Waals surface area contributed by atoms with E-state index in [1.54, 1.807) is 18.4 Å². The molecule has 2 unspecified atom stereocenters. The first-order valence-electron chi connectivity index (χ1n) is 7.05. The summed E-state index contributed by atoms with van der Waals surface area (Å²) in [5, 5.41) is 4.50. The van der Waals surface area contributed by atoms with E-state index in [1.165, 1.54) is 11.3 Å². The third kappa shape index (κ3) is 3.91. The van der Waals surface area contributed by atoms with Crippen LogP contribution in [0.1, 0.15) is 30.8 Å². The Bertz CT molecular complexity index is 407. The average Bonchev–Trinajstić information content (AvgIpc) is 2.91. The van der Waals surface area contributed by atoms with Crippen molar-refractivity contribution in [2.45, 2.75) is 33.4 Å². The first kappa shape index (κ1) is 14.8. The largest absolute Gasteiger partial charge is 0.378 e. The molecule has 0 bridgehead atoms. The smallest absolute Gasteiger partial charge is 0.185 e. The minimum atomic E-state index is 0.602. The van der Waals surface area contributed by atoms with Crippen LogP contribution in [0.5, 0.6) is 0 Å². The predicted octanol–water partition coefficient (Wildman–Crippen LogP) is 2.49. The molecule has 0 spiro atoms. The lowest BCUT2D eigenvalue weighted by Crippen LogP contribution is -2.20. The van der Waals surface area contributed by atoms with Gasteiger partial charge in [0.25, 0.3) is 0 Å². The Kier molecular flexibility index (Phi) is 5.19. The molecule has 0 aromatic carbocycles. The van der Waals surface area contributed by atoms with Crippen molar-refractivity contribution in [3.63, 3.8) is 0 Å². The standard InChI is InChI=1S/C14H25N3OS/c1-5-15-7-13-12(9-18-4)16-14(19-13)17(3)8-11-6-10(11)2/h10-11,15H,5-9H2,1-4H3. The number of rotatable bonds is 8. The van der Waals surface area contributed by atoms with Crippen LogP contribution in [0.3, 0.4) is 0 Å². The summed E-state index contributed by atoms with van der Waals surface area (Å²) in [5.41, 5.74) is 1.08. The molecule has 4 nitrogen and oxygen atoms in total. The first-order valence-corrected chi connectivity index (χ1v) is 7.86. The Balaban J connectivity index is 2.02. The van der Waals surface area contributed by atoms with E-state index < -0.39 is 0 Å². The Labute approximate surface area is 120 Å². The highest BCUT2D eigenvalue weighted by molar-refractivity contribution is 7.15. The second-order valence-electron chi connectivity index (χ2n) is 5.43. The zero-order valence-corrected chi connectivity index (χ0v) is 13.2. The molecule has 1 N–H and O–H groups in total. The van der Waals surface area contributed by atoms with Crippen molar-refractivity contribution in [3.05, 3.63) is 10.6 Å². The van der Waals surface area contributed by atoms with Crippen molar-refractivity contribution in [1.29, 1.82) is 0 Å². The van der Waals surface area contributed by atoms with Gasteiger partial charge in [-0.05, 0) is 24.8 Å². The molecule has 1 aromatic rings. The molecule has 1 fully saturated rings. The normalized spacial score (nSPS) is 21.7. The van der Waals surface area contributed by atoms with Gasteiger partial charge in [0.05, 0.1) is 12.3 Å². The molecule has 108 valence electrons. The van der Waals surface area contributed by atoms with Crippen molar-refractivity contribution >= 4 is 16.5 Å². The summed E-state index contributed by atoms with van der Waals surface area (Å²) in [7, 11) is 3.88. The highest BCUT2D eigenvalue weighted by atomic mass is 32.1. The summed E-state index contributed by atoms with van der Waals surface area (Å²) in [6.07, 6.45) is 1.37. The van der Waals surface area contributed by atoms with E-state index in [4.69, 9.17) is 9.72 Å². The minimum Gasteiger partial charge on any atom is -0.378 e. The first-order chi connectivity index (χ1) is 9.15. The second-order valence-corrected chi connectivity index (χ2v) is 6.50. The van der Waals surface area contributed by atoms with Crippen molar-refractivity contribution < 1.29 is 4.74 Å². The molecule has 1 aromatic heterocycles. The molecule has 2 rings (SSSR count). The molecule has 19 heavy (non-hydrogen) atoms. The van der Waals surface area contributed by atoms with Gasteiger partial charge in [-0.25, -0.2) is 4.98 Å². The van der Waals surface area contributed by atoms with Crippen molar-refractivity contribution in [3.8, 4) is 0 Å². The van der Waals surface area contributed by atoms with Gasteiger partial charge in [-0.3, -0.25) is 0 Å². The Morgan fingerprint density at radius 1 is 1.53 bits per heavy atom. The van der Waals surface area contributed by atoms with Crippen molar-refractivity contribution in [2.75, 3.05) is 32.1 Å². The van der Waals surface area contributed by atoms with Crippen LogP contribution in [-0.2, 0) is 17.9 Å². The zero-order chi connectivity index (χ0) is 13.8. The number of methoxy groups -OCH3 is 1. The zero-order valence-electron chi connectivity index (χ0n) is 12.4. The molecule has 5 heteroatoms. The maximum absolute atomic E-state index is 5.25. The summed E-state index contributed by atoms with van der Waals surface area (Å²) >= 11 is 1.79. The van der Waals surface area contributed by atoms with Crippen LogP contribution in [0.4, 0.5) is 5.13 Å². The molecule has 0 saturated heterocycles. The molecule has 0 amide bonds. The van der Waals surface area contributed by atoms with Crippen LogP contribution < -0.4 is 10.2 Å². The fourth-order valence-electron chi connectivity index (χ4n) is 2.24. The van der Waals surface area contributed by atoms with Crippen molar-refractivity contribution in [1.82, 2.24) is 10.3 Å². The van der Waals surface area contributed by atoms with Crippen LogP contribution in [0.15, 0.2) is 0 Å². The van der Waals surface area contributed by atoms with Crippen LogP contribution >= 0.6 is 11.3 Å². The number of hydrogen-bond donors (Lipinski definition) is 1. The van der Waals surface area contributed by atoms with Crippen LogP contribution in [0.2, 0.25) is 0 Å². The second kappa shape index (κ2) is 6.68. The maximum Gasteiger partial charge on any atom is 0.185 e. The number of nitrogens with one attached hydrogen (secondary N) is 1. The fraction of sp³-hybridized carbons (Fsp3) is 0.786. The van der Waals surface area contributed by atoms with Gasteiger partial charge in [-0.1, -0.05) is 13.8 Å². The monoisotopic (exact) mass is 283 g/mol. The summed E-state index contributed by atoms with van der Waals surface area (Å²) in [6.45, 7) is 8.05. The van der Waals surface area contributed by atoms with E-state index in [9.17, 15) is 0 Å². The SMILES string of the molecule is CCNCc1sc(N(C)CC2CC2C)nc1COC. The Hall–Kier alpha value is -0.650. The van der Waals surface area contributed by atoms with Crippen LogP contribution in [-0.4, -0.2) is 32.2 Å². The van der Waals surface area contributed by atoms with Crippen LogP contribution in [0, 0.1) is 11.8 Å². The highest BCUT2D eigenvalue weighted by Gasteiger charge is 2.33. The van der Waals surface area contributed by atoms with E-state index >= 15 is 0 Å². The lowest BCUT2D eigenvalue weighted by atomic mass is 10.3. The number of nitrogens with zero attached hydrogens (tertiary/aromatic N) is 2. The molecule has 1 heterocycles. The van der Waals surface area contributed by atoms with Gasteiger partial charge in [-0.2, -0.15) is 0 Å². The summed E-state index contributed by atoms with van der Waals surface area (Å²) in [6, 6.07) is 0. The number of anilines is 1. The quantitative estimate of drug-likeness (QED) is 0.795. The number of thiazole rings is 1. The Morgan fingerprint density at radius 2 is 2.26 bits per heavy atom. The van der Waals surface area contributed by atoms with Crippen LogP contribution in [0.25, 0.3) is 0 Å². The molecule has 1 aliphatic carbocycles. The molecule has 0 aliphatic heterocycles. The van der Waals surface area contributed by atoms with Gasteiger partial charge in [0.1, 0.15) is 0 Å². The highest BCUT2D eigenvalue weighted by Crippen LogP contribution is 2.39. The number of ether oxygens (including phenoxy) is 1. The van der Waals surface area contributed by atoms with Gasteiger partial charge < -0.3 is 15.0 Å². The molecule has 0 radical (unpaired) electrons. The minimum absolute atomic E-state index is 0.602. The van der Waals surface area contributed by atoms with Gasteiger partial charge in [0, 0.05) is 32.1 Å². The summed E-state index contributed by atoms with van der Waals surface area (Å²) < 4.78 is 5.25. The summed E-state index contributed by atoms with van der Waals surface area (Å²) in [5.74, 6) is 1.75. The van der Waals surface area contributed by atoms with Gasteiger partial charge in [0.15, 0.2) is 5.13 Å². The van der Waals surface area contributed by atoms with E-state index in [-0.39, 0.29) is 0 Å². The predicted molar refractivity (Wildman–Crippen MR) is 80.7 cm³/mol.